The maximum atomic E-state index is 13.3. The van der Waals surface area contributed by atoms with E-state index in [2.05, 4.69) is 6.92 Å². The number of carbonyl (C=O) groups excluding carboxylic acids is 1. The summed E-state index contributed by atoms with van der Waals surface area (Å²) >= 11 is 0. The number of benzene rings is 3. The van der Waals surface area contributed by atoms with Gasteiger partial charge in [-0.25, -0.2) is 4.57 Å². The Balaban J connectivity index is 1.95. The van der Waals surface area contributed by atoms with E-state index in [4.69, 9.17) is 18.5 Å². The van der Waals surface area contributed by atoms with Gasteiger partial charge >= 0.3 is 13.8 Å². The Hall–Kier alpha value is -2.84. The maximum absolute atomic E-state index is 13.3. The fourth-order valence-electron chi connectivity index (χ4n) is 4.95. The third-order valence-corrected chi connectivity index (χ3v) is 8.47. The van der Waals surface area contributed by atoms with Gasteiger partial charge in [-0.1, -0.05) is 118 Å². The first kappa shape index (κ1) is 35.6. The van der Waals surface area contributed by atoms with Crippen LogP contribution in [0.15, 0.2) is 91.0 Å². The molecule has 3 atom stereocenters. The molecule has 0 saturated carbocycles. The fourth-order valence-corrected chi connectivity index (χ4v) is 5.69. The molecule has 9 heteroatoms. The minimum Gasteiger partial charge on any atom is -0.457 e. The molecule has 0 saturated heterocycles. The zero-order valence-corrected chi connectivity index (χ0v) is 27.7. The van der Waals surface area contributed by atoms with Gasteiger partial charge in [0, 0.05) is 0 Å². The molecule has 8 nitrogen and oxygen atoms in total. The molecule has 0 aliphatic heterocycles. The second kappa shape index (κ2) is 17.0. The van der Waals surface area contributed by atoms with Gasteiger partial charge in [-0.15, -0.1) is 0 Å². The van der Waals surface area contributed by atoms with E-state index in [0.717, 1.165) is 29.5 Å². The van der Waals surface area contributed by atoms with Crippen LogP contribution < -0.4 is 0 Å². The van der Waals surface area contributed by atoms with Gasteiger partial charge in [-0.3, -0.25) is 13.8 Å². The topological polar surface area (TPSA) is 91.3 Å². The number of quaternary nitrogens is 1. The van der Waals surface area contributed by atoms with Gasteiger partial charge in [0.2, 0.25) is 0 Å². The lowest BCUT2D eigenvalue weighted by molar-refractivity contribution is -0.870. The lowest BCUT2D eigenvalue weighted by Crippen LogP contribution is -2.39. The van der Waals surface area contributed by atoms with Gasteiger partial charge in [0.15, 0.2) is 0 Å². The molecule has 0 bridgehead atoms. The first-order valence-corrected chi connectivity index (χ1v) is 16.9. The number of rotatable bonds is 19. The molecule has 0 fully saturated rings. The summed E-state index contributed by atoms with van der Waals surface area (Å²) in [5.74, 6) is -0.664. The predicted molar refractivity (Wildman–Crippen MR) is 173 cm³/mol. The Morgan fingerprint density at radius 3 is 1.75 bits per heavy atom. The summed E-state index contributed by atoms with van der Waals surface area (Å²) in [6, 6.07) is 29.6. The Bertz CT molecular complexity index is 1200. The predicted octanol–water partition coefficient (Wildman–Crippen LogP) is 6.96. The van der Waals surface area contributed by atoms with E-state index < -0.39 is 19.5 Å². The number of unbranched alkanes of at least 4 members (excludes halogenated alkanes) is 1. The van der Waals surface area contributed by atoms with Crippen LogP contribution in [0.5, 0.6) is 0 Å². The van der Waals surface area contributed by atoms with Crippen LogP contribution in [0.4, 0.5) is 0 Å². The minimum absolute atomic E-state index is 0.0340. The SMILES string of the molecule is CCCCC(CC)C(=O)O[C@H](COC(c1ccccc1)(c1ccccc1)c1ccccc1)COP(=O)(O)OCC[N+](C)(C)C. The highest BCUT2D eigenvalue weighted by molar-refractivity contribution is 7.47. The van der Waals surface area contributed by atoms with Crippen LogP contribution in [0.3, 0.4) is 0 Å². The Morgan fingerprint density at radius 2 is 1.32 bits per heavy atom. The third kappa shape index (κ3) is 10.7. The second-order valence-corrected chi connectivity index (χ2v) is 13.5. The number of ether oxygens (including phenoxy) is 2. The van der Waals surface area contributed by atoms with E-state index in [0.29, 0.717) is 23.9 Å². The first-order valence-electron chi connectivity index (χ1n) is 15.4. The molecule has 44 heavy (non-hydrogen) atoms. The van der Waals surface area contributed by atoms with Crippen molar-refractivity contribution in [2.24, 2.45) is 5.92 Å². The molecule has 0 spiro atoms. The lowest BCUT2D eigenvalue weighted by Gasteiger charge is -2.37. The second-order valence-electron chi connectivity index (χ2n) is 12.0. The number of phosphoric acid groups is 1. The highest BCUT2D eigenvalue weighted by Crippen LogP contribution is 2.44. The molecule has 0 aliphatic carbocycles. The summed E-state index contributed by atoms with van der Waals surface area (Å²) in [7, 11) is 1.46. The number of carbonyl (C=O) groups is 1. The molecule has 0 heterocycles. The number of phosphoric ester groups is 1. The molecule has 3 aromatic carbocycles. The van der Waals surface area contributed by atoms with Crippen LogP contribution in [0.1, 0.15) is 56.2 Å². The third-order valence-electron chi connectivity index (χ3n) is 7.48. The monoisotopic (exact) mass is 626 g/mol. The zero-order valence-electron chi connectivity index (χ0n) is 26.8. The standard InChI is InChI=1S/C35H48NO7P/c1-6-8-18-29(7-2)34(37)43-33(28-42-44(38,39)41-26-25-36(3,4)5)27-40-35(30-19-12-9-13-20-30,31-21-14-10-15-22-31)32-23-16-11-17-24-32/h9-17,19-24,29,33H,6-8,18,25-28H2,1-5H3/p+1/t29?,33-/m1/s1. The van der Waals surface area contributed by atoms with Crippen molar-refractivity contribution in [1.82, 2.24) is 0 Å². The van der Waals surface area contributed by atoms with Crippen molar-refractivity contribution in [3.63, 3.8) is 0 Å². The van der Waals surface area contributed by atoms with E-state index >= 15 is 0 Å². The number of nitrogens with zero attached hydrogens (tertiary/aromatic N) is 1. The first-order chi connectivity index (χ1) is 21.0. The number of likely N-dealkylation sites (N-methyl/N-ethyl adjacent to an activating group) is 1. The molecule has 3 aromatic rings. The van der Waals surface area contributed by atoms with Crippen LogP contribution in [0.25, 0.3) is 0 Å². The summed E-state index contributed by atoms with van der Waals surface area (Å²) in [5.41, 5.74) is 1.59. The summed E-state index contributed by atoms with van der Waals surface area (Å²) < 4.78 is 36.8. The molecule has 240 valence electrons. The number of hydrogen-bond acceptors (Lipinski definition) is 6. The fraction of sp³-hybridized carbons (Fsp3) is 0.457. The normalized spacial score (nSPS) is 14.9. The summed E-state index contributed by atoms with van der Waals surface area (Å²) in [5, 5.41) is 0. The van der Waals surface area contributed by atoms with Gasteiger partial charge in [0.25, 0.3) is 0 Å². The average molecular weight is 627 g/mol. The smallest absolute Gasteiger partial charge is 0.457 e. The largest absolute Gasteiger partial charge is 0.472 e. The quantitative estimate of drug-likeness (QED) is 0.0666. The maximum Gasteiger partial charge on any atom is 0.472 e. The highest BCUT2D eigenvalue weighted by atomic mass is 31.2. The summed E-state index contributed by atoms with van der Waals surface area (Å²) in [4.78, 5) is 23.8. The average Bonchev–Trinajstić information content (AvgIpc) is 3.01. The molecule has 0 radical (unpaired) electrons. The molecular weight excluding hydrogens is 577 g/mol. The van der Waals surface area contributed by atoms with Crippen molar-refractivity contribution < 1.29 is 37.3 Å². The van der Waals surface area contributed by atoms with E-state index in [-0.39, 0.29) is 31.7 Å². The van der Waals surface area contributed by atoms with Crippen molar-refractivity contribution in [2.45, 2.75) is 51.2 Å². The van der Waals surface area contributed by atoms with Crippen LogP contribution in [-0.2, 0) is 33.5 Å². The Morgan fingerprint density at radius 1 is 0.818 bits per heavy atom. The zero-order chi connectivity index (χ0) is 32.1. The van der Waals surface area contributed by atoms with E-state index in [1.807, 2.05) is 119 Å². The molecule has 0 amide bonds. The Kier molecular flexibility index (Phi) is 13.8. The van der Waals surface area contributed by atoms with Crippen LogP contribution >= 0.6 is 7.82 Å². The van der Waals surface area contributed by atoms with Crippen molar-refractivity contribution >= 4 is 13.8 Å². The summed E-state index contributed by atoms with van der Waals surface area (Å²) in [6.45, 7) is 4.11. The highest BCUT2D eigenvalue weighted by Gasteiger charge is 2.39. The van der Waals surface area contributed by atoms with Crippen molar-refractivity contribution in [1.29, 1.82) is 0 Å². The van der Waals surface area contributed by atoms with Crippen molar-refractivity contribution in [3.8, 4) is 0 Å². The van der Waals surface area contributed by atoms with E-state index in [1.165, 1.54) is 0 Å². The molecule has 0 aromatic heterocycles. The van der Waals surface area contributed by atoms with Crippen LogP contribution in [0.2, 0.25) is 0 Å². The van der Waals surface area contributed by atoms with Crippen molar-refractivity contribution in [2.75, 3.05) is 47.5 Å². The van der Waals surface area contributed by atoms with Gasteiger partial charge in [0.05, 0.1) is 40.3 Å². The van der Waals surface area contributed by atoms with E-state index in [9.17, 15) is 14.3 Å². The van der Waals surface area contributed by atoms with Gasteiger partial charge in [-0.05, 0) is 29.5 Å². The van der Waals surface area contributed by atoms with Gasteiger partial charge in [-0.2, -0.15) is 0 Å². The van der Waals surface area contributed by atoms with Crippen LogP contribution in [0, 0.1) is 5.92 Å². The van der Waals surface area contributed by atoms with Crippen LogP contribution in [-0.4, -0.2) is 69.0 Å². The molecule has 1 N–H and O–H groups in total. The van der Waals surface area contributed by atoms with Crippen molar-refractivity contribution in [3.05, 3.63) is 108 Å². The number of hydrogen-bond donors (Lipinski definition) is 1. The molecule has 0 aliphatic rings. The molecule has 2 unspecified atom stereocenters. The van der Waals surface area contributed by atoms with Gasteiger partial charge in [0.1, 0.15) is 24.9 Å². The summed E-state index contributed by atoms with van der Waals surface area (Å²) in [6.07, 6.45) is 2.22. The Labute approximate surface area is 263 Å². The molecular formula is C35H49NO7P+. The minimum atomic E-state index is -4.42. The number of esters is 1. The molecule has 3 rings (SSSR count). The van der Waals surface area contributed by atoms with E-state index in [1.54, 1.807) is 0 Å². The lowest BCUT2D eigenvalue weighted by atomic mass is 9.80. The van der Waals surface area contributed by atoms with Gasteiger partial charge < -0.3 is 18.9 Å².